The number of hydrogen-bond donors (Lipinski definition) is 1. The van der Waals surface area contributed by atoms with Gasteiger partial charge in [-0.1, -0.05) is 50.8 Å². The van der Waals surface area contributed by atoms with Gasteiger partial charge in [0.1, 0.15) is 0 Å². The van der Waals surface area contributed by atoms with Gasteiger partial charge in [-0.2, -0.15) is 0 Å². The molecular weight excluding hydrogens is 238 g/mol. The van der Waals surface area contributed by atoms with Gasteiger partial charge in [-0.15, -0.1) is 11.8 Å². The molecule has 2 rings (SSSR count). The minimum Gasteiger partial charge on any atom is -0.310 e. The zero-order valence-corrected chi connectivity index (χ0v) is 12.4. The normalized spacial score (nSPS) is 18.1. The second-order valence-corrected chi connectivity index (χ2v) is 6.09. The largest absolute Gasteiger partial charge is 0.310 e. The summed E-state index contributed by atoms with van der Waals surface area (Å²) in [6.45, 7) is 3.27. The average molecular weight is 263 g/mol. The molecule has 1 aliphatic carbocycles. The van der Waals surface area contributed by atoms with Crippen molar-refractivity contribution in [2.75, 3.05) is 12.8 Å². The Labute approximate surface area is 116 Å². The van der Waals surface area contributed by atoms with Gasteiger partial charge in [0, 0.05) is 10.9 Å². The van der Waals surface area contributed by atoms with Gasteiger partial charge >= 0.3 is 0 Å². The van der Waals surface area contributed by atoms with E-state index >= 15 is 0 Å². The molecule has 1 atom stereocenters. The standard InChI is InChI=1S/C16H25NS/c1-3-17-15(12-13-8-4-5-9-13)14-10-6-7-11-16(14)18-2/h6-7,10-11,13,15,17H,3-5,8-9,12H2,1-2H3. The van der Waals surface area contributed by atoms with Crippen LogP contribution in [-0.2, 0) is 0 Å². The highest BCUT2D eigenvalue weighted by molar-refractivity contribution is 7.98. The summed E-state index contributed by atoms with van der Waals surface area (Å²) in [5.41, 5.74) is 1.50. The number of rotatable bonds is 6. The van der Waals surface area contributed by atoms with Crippen molar-refractivity contribution < 1.29 is 0 Å². The quantitative estimate of drug-likeness (QED) is 0.750. The van der Waals surface area contributed by atoms with Crippen molar-refractivity contribution in [3.8, 4) is 0 Å². The Balaban J connectivity index is 2.11. The van der Waals surface area contributed by atoms with Gasteiger partial charge in [-0.25, -0.2) is 0 Å². The van der Waals surface area contributed by atoms with Gasteiger partial charge < -0.3 is 5.32 Å². The second kappa shape index (κ2) is 7.20. The Kier molecular flexibility index (Phi) is 5.58. The summed E-state index contributed by atoms with van der Waals surface area (Å²) in [5, 5.41) is 3.69. The molecule has 0 saturated heterocycles. The predicted molar refractivity (Wildman–Crippen MR) is 81.2 cm³/mol. The van der Waals surface area contributed by atoms with E-state index in [0.29, 0.717) is 6.04 Å². The molecule has 0 aliphatic heterocycles. The van der Waals surface area contributed by atoms with E-state index in [1.165, 1.54) is 42.6 Å². The number of hydrogen-bond acceptors (Lipinski definition) is 2. The molecule has 1 aliphatic rings. The maximum absolute atomic E-state index is 3.69. The topological polar surface area (TPSA) is 12.0 Å². The zero-order chi connectivity index (χ0) is 12.8. The molecule has 1 aromatic carbocycles. The van der Waals surface area contributed by atoms with Crippen LogP contribution < -0.4 is 5.32 Å². The van der Waals surface area contributed by atoms with Crippen LogP contribution in [0.15, 0.2) is 29.2 Å². The van der Waals surface area contributed by atoms with Crippen LogP contribution in [0, 0.1) is 5.92 Å². The lowest BCUT2D eigenvalue weighted by Gasteiger charge is -2.23. The summed E-state index contributed by atoms with van der Waals surface area (Å²) in [7, 11) is 0. The minimum absolute atomic E-state index is 0.543. The minimum atomic E-state index is 0.543. The molecule has 1 unspecified atom stereocenters. The first-order chi connectivity index (χ1) is 8.85. The molecule has 18 heavy (non-hydrogen) atoms. The summed E-state index contributed by atoms with van der Waals surface area (Å²) in [5.74, 6) is 0.934. The third-order valence-corrected chi connectivity index (χ3v) is 4.82. The molecule has 0 heterocycles. The van der Waals surface area contributed by atoms with Crippen molar-refractivity contribution in [1.29, 1.82) is 0 Å². The molecular formula is C16H25NS. The van der Waals surface area contributed by atoms with Crippen LogP contribution in [-0.4, -0.2) is 12.8 Å². The summed E-state index contributed by atoms with van der Waals surface area (Å²) >= 11 is 1.87. The number of thioether (sulfide) groups is 1. The van der Waals surface area contributed by atoms with Crippen molar-refractivity contribution in [3.05, 3.63) is 29.8 Å². The summed E-state index contributed by atoms with van der Waals surface area (Å²) in [4.78, 5) is 1.43. The fourth-order valence-electron chi connectivity index (χ4n) is 3.10. The molecule has 0 spiro atoms. The first-order valence-corrected chi connectivity index (χ1v) is 8.44. The van der Waals surface area contributed by atoms with Gasteiger partial charge in [-0.3, -0.25) is 0 Å². The molecule has 1 saturated carbocycles. The SMILES string of the molecule is CCNC(CC1CCCC1)c1ccccc1SC. The molecule has 2 heteroatoms. The Hall–Kier alpha value is -0.470. The molecule has 0 bridgehead atoms. The fraction of sp³-hybridized carbons (Fsp3) is 0.625. The van der Waals surface area contributed by atoms with E-state index in [9.17, 15) is 0 Å². The molecule has 0 amide bonds. The highest BCUT2D eigenvalue weighted by Gasteiger charge is 2.22. The zero-order valence-electron chi connectivity index (χ0n) is 11.6. The van der Waals surface area contributed by atoms with Gasteiger partial charge in [0.05, 0.1) is 0 Å². The van der Waals surface area contributed by atoms with E-state index in [1.807, 2.05) is 11.8 Å². The fourth-order valence-corrected chi connectivity index (χ4v) is 3.76. The smallest absolute Gasteiger partial charge is 0.0333 e. The molecule has 1 fully saturated rings. The lowest BCUT2D eigenvalue weighted by molar-refractivity contribution is 0.397. The highest BCUT2D eigenvalue weighted by Crippen LogP contribution is 2.35. The van der Waals surface area contributed by atoms with E-state index < -0.39 is 0 Å². The summed E-state index contributed by atoms with van der Waals surface area (Å²) in [6, 6.07) is 9.41. The first kappa shape index (κ1) is 14.0. The Morgan fingerprint density at radius 2 is 2.00 bits per heavy atom. The van der Waals surface area contributed by atoms with E-state index in [0.717, 1.165) is 12.5 Å². The average Bonchev–Trinajstić information content (AvgIpc) is 2.91. The van der Waals surface area contributed by atoms with Crippen LogP contribution in [0.1, 0.15) is 50.6 Å². The van der Waals surface area contributed by atoms with Crippen molar-refractivity contribution in [2.24, 2.45) is 5.92 Å². The van der Waals surface area contributed by atoms with Crippen LogP contribution in [0.3, 0.4) is 0 Å². The number of benzene rings is 1. The Bertz CT molecular complexity index is 358. The van der Waals surface area contributed by atoms with Gasteiger partial charge in [0.25, 0.3) is 0 Å². The Morgan fingerprint density at radius 1 is 1.28 bits per heavy atom. The molecule has 0 aromatic heterocycles. The highest BCUT2D eigenvalue weighted by atomic mass is 32.2. The van der Waals surface area contributed by atoms with E-state index in [4.69, 9.17) is 0 Å². The van der Waals surface area contributed by atoms with E-state index in [-0.39, 0.29) is 0 Å². The maximum atomic E-state index is 3.69. The van der Waals surface area contributed by atoms with E-state index in [1.54, 1.807) is 0 Å². The maximum Gasteiger partial charge on any atom is 0.0333 e. The first-order valence-electron chi connectivity index (χ1n) is 7.21. The van der Waals surface area contributed by atoms with Crippen LogP contribution in [0.2, 0.25) is 0 Å². The lowest BCUT2D eigenvalue weighted by Crippen LogP contribution is -2.23. The van der Waals surface area contributed by atoms with Crippen molar-refractivity contribution in [3.63, 3.8) is 0 Å². The van der Waals surface area contributed by atoms with Crippen molar-refractivity contribution >= 4 is 11.8 Å². The summed E-state index contributed by atoms with van der Waals surface area (Å²) in [6.07, 6.45) is 9.23. The third-order valence-electron chi connectivity index (χ3n) is 4.01. The van der Waals surface area contributed by atoms with Gasteiger partial charge in [0.2, 0.25) is 0 Å². The lowest BCUT2D eigenvalue weighted by atomic mass is 9.93. The van der Waals surface area contributed by atoms with Gasteiger partial charge in [-0.05, 0) is 36.8 Å². The molecule has 0 radical (unpaired) electrons. The van der Waals surface area contributed by atoms with Crippen LogP contribution in [0.4, 0.5) is 0 Å². The summed E-state index contributed by atoms with van der Waals surface area (Å²) < 4.78 is 0. The Morgan fingerprint density at radius 3 is 2.67 bits per heavy atom. The third kappa shape index (κ3) is 3.52. The number of nitrogens with one attached hydrogen (secondary N) is 1. The molecule has 1 N–H and O–H groups in total. The van der Waals surface area contributed by atoms with Gasteiger partial charge in [0.15, 0.2) is 0 Å². The van der Waals surface area contributed by atoms with Crippen LogP contribution >= 0.6 is 11.8 Å². The van der Waals surface area contributed by atoms with Crippen molar-refractivity contribution in [2.45, 2.75) is 50.0 Å². The van der Waals surface area contributed by atoms with Crippen LogP contribution in [0.25, 0.3) is 0 Å². The monoisotopic (exact) mass is 263 g/mol. The predicted octanol–water partition coefficient (Wildman–Crippen LogP) is 4.64. The molecule has 100 valence electrons. The van der Waals surface area contributed by atoms with E-state index in [2.05, 4.69) is 42.8 Å². The van der Waals surface area contributed by atoms with Crippen LogP contribution in [0.5, 0.6) is 0 Å². The molecule has 1 aromatic rings. The second-order valence-electron chi connectivity index (χ2n) is 5.24. The van der Waals surface area contributed by atoms with Crippen molar-refractivity contribution in [1.82, 2.24) is 5.32 Å². The molecule has 1 nitrogen and oxygen atoms in total.